The van der Waals surface area contributed by atoms with Crippen LogP contribution in [0.25, 0.3) is 10.9 Å². The molecule has 0 saturated carbocycles. The van der Waals surface area contributed by atoms with Crippen LogP contribution in [0.4, 0.5) is 0 Å². The Morgan fingerprint density at radius 2 is 2.26 bits per heavy atom. The van der Waals surface area contributed by atoms with Crippen molar-refractivity contribution < 1.29 is 14.3 Å². The van der Waals surface area contributed by atoms with E-state index in [0.29, 0.717) is 33.7 Å². The van der Waals surface area contributed by atoms with E-state index in [2.05, 4.69) is 10.3 Å². The quantitative estimate of drug-likeness (QED) is 0.763. The van der Waals surface area contributed by atoms with Crippen LogP contribution in [-0.4, -0.2) is 16.0 Å². The molecule has 2 N–H and O–H groups in total. The zero-order valence-corrected chi connectivity index (χ0v) is 13.2. The maximum absolute atomic E-state index is 11.9. The molecule has 0 spiro atoms. The highest BCUT2D eigenvalue weighted by Gasteiger charge is 2.24. The smallest absolute Gasteiger partial charge is 0.220 e. The molecule has 0 bridgehead atoms. The standard InChI is InChI=1S/C17H15ClN2O3/c1-2-14(21)20-15(13-6-4-8-23-13)11-9-12(18)10-5-3-7-19-16(10)17(11)22/h3-9,15,22H,2H2,1H3,(H,20,21)/t15-/m0/s1. The molecule has 0 radical (unpaired) electrons. The molecule has 3 rings (SSSR count). The maximum atomic E-state index is 11.9. The van der Waals surface area contributed by atoms with Crippen LogP contribution in [0, 0.1) is 0 Å². The molecular weight excluding hydrogens is 316 g/mol. The number of phenolic OH excluding ortho intramolecular Hbond substituents is 1. The van der Waals surface area contributed by atoms with Crippen molar-refractivity contribution in [2.24, 2.45) is 0 Å². The number of hydrogen-bond acceptors (Lipinski definition) is 4. The number of benzene rings is 1. The zero-order chi connectivity index (χ0) is 16.4. The lowest BCUT2D eigenvalue weighted by atomic mass is 10.0. The van der Waals surface area contributed by atoms with Gasteiger partial charge in [-0.1, -0.05) is 18.5 Å². The average molecular weight is 331 g/mol. The van der Waals surface area contributed by atoms with Gasteiger partial charge >= 0.3 is 0 Å². The molecule has 3 aromatic rings. The number of amides is 1. The molecular formula is C17H15ClN2O3. The first-order valence-electron chi connectivity index (χ1n) is 7.20. The Labute approximate surface area is 137 Å². The van der Waals surface area contributed by atoms with E-state index in [1.165, 1.54) is 6.26 Å². The lowest BCUT2D eigenvalue weighted by Gasteiger charge is -2.19. The largest absolute Gasteiger partial charge is 0.505 e. The minimum atomic E-state index is -0.638. The van der Waals surface area contributed by atoms with Gasteiger partial charge in [0.1, 0.15) is 23.1 Å². The normalized spacial score (nSPS) is 12.3. The van der Waals surface area contributed by atoms with Crippen molar-refractivity contribution >= 4 is 28.4 Å². The summed E-state index contributed by atoms with van der Waals surface area (Å²) in [5.74, 6) is 0.319. The summed E-state index contributed by atoms with van der Waals surface area (Å²) in [4.78, 5) is 16.1. The highest BCUT2D eigenvalue weighted by molar-refractivity contribution is 6.35. The average Bonchev–Trinajstić information content (AvgIpc) is 3.10. The molecule has 6 heteroatoms. The van der Waals surface area contributed by atoms with Crippen molar-refractivity contribution in [1.29, 1.82) is 0 Å². The van der Waals surface area contributed by atoms with Crippen molar-refractivity contribution in [3.8, 4) is 5.75 Å². The zero-order valence-electron chi connectivity index (χ0n) is 12.4. The number of nitrogens with one attached hydrogen (secondary N) is 1. The van der Waals surface area contributed by atoms with Gasteiger partial charge in [-0.3, -0.25) is 9.78 Å². The first-order valence-corrected chi connectivity index (χ1v) is 7.58. The van der Waals surface area contributed by atoms with Crippen molar-refractivity contribution in [1.82, 2.24) is 10.3 Å². The van der Waals surface area contributed by atoms with E-state index < -0.39 is 6.04 Å². The number of furan rings is 1. The maximum Gasteiger partial charge on any atom is 0.220 e. The second-order valence-corrected chi connectivity index (χ2v) is 5.47. The molecule has 0 unspecified atom stereocenters. The van der Waals surface area contributed by atoms with Crippen molar-refractivity contribution in [2.45, 2.75) is 19.4 Å². The van der Waals surface area contributed by atoms with Crippen LogP contribution in [0.5, 0.6) is 5.75 Å². The SMILES string of the molecule is CCC(=O)N[C@H](c1ccco1)c1cc(Cl)c2cccnc2c1O. The van der Waals surface area contributed by atoms with Gasteiger partial charge in [-0.25, -0.2) is 0 Å². The fraction of sp³-hybridized carbons (Fsp3) is 0.176. The van der Waals surface area contributed by atoms with Gasteiger partial charge in [0.15, 0.2) is 0 Å². The molecule has 5 nitrogen and oxygen atoms in total. The van der Waals surface area contributed by atoms with Crippen molar-refractivity contribution in [3.05, 3.63) is 59.1 Å². The van der Waals surface area contributed by atoms with Crippen LogP contribution in [0.1, 0.15) is 30.7 Å². The first-order chi connectivity index (χ1) is 11.1. The highest BCUT2D eigenvalue weighted by atomic mass is 35.5. The van der Waals surface area contributed by atoms with Crippen LogP contribution in [0.15, 0.2) is 47.2 Å². The Hall–Kier alpha value is -2.53. The molecule has 2 aromatic heterocycles. The number of carbonyl (C=O) groups excluding carboxylic acids is 1. The Bertz CT molecular complexity index is 846. The molecule has 23 heavy (non-hydrogen) atoms. The van der Waals surface area contributed by atoms with E-state index in [-0.39, 0.29) is 11.7 Å². The van der Waals surface area contributed by atoms with Crippen LogP contribution in [0.3, 0.4) is 0 Å². The third-order valence-corrected chi connectivity index (χ3v) is 3.92. The van der Waals surface area contributed by atoms with Crippen molar-refractivity contribution in [2.75, 3.05) is 0 Å². The fourth-order valence-corrected chi connectivity index (χ4v) is 2.72. The van der Waals surface area contributed by atoms with Crippen LogP contribution >= 0.6 is 11.6 Å². The third-order valence-electron chi connectivity index (χ3n) is 3.61. The number of rotatable bonds is 4. The molecule has 0 aliphatic heterocycles. The molecule has 1 aromatic carbocycles. The predicted octanol–water partition coefficient (Wildman–Crippen LogP) is 3.80. The van der Waals surface area contributed by atoms with E-state index in [0.717, 1.165) is 0 Å². The second kappa shape index (κ2) is 6.30. The number of fused-ring (bicyclic) bond motifs is 1. The summed E-state index contributed by atoms with van der Waals surface area (Å²) in [5.41, 5.74) is 0.829. The van der Waals surface area contributed by atoms with E-state index >= 15 is 0 Å². The fourth-order valence-electron chi connectivity index (χ4n) is 2.45. The topological polar surface area (TPSA) is 75.4 Å². The summed E-state index contributed by atoms with van der Waals surface area (Å²) in [6.07, 6.45) is 3.41. The van der Waals surface area contributed by atoms with Gasteiger partial charge in [0.25, 0.3) is 0 Å². The number of phenols is 1. The summed E-state index contributed by atoms with van der Waals surface area (Å²) in [5, 5.41) is 14.5. The molecule has 1 amide bonds. The first kappa shape index (κ1) is 15.4. The highest BCUT2D eigenvalue weighted by Crippen LogP contribution is 2.38. The number of aromatic nitrogens is 1. The second-order valence-electron chi connectivity index (χ2n) is 5.07. The molecule has 0 aliphatic rings. The monoisotopic (exact) mass is 330 g/mol. The predicted molar refractivity (Wildman–Crippen MR) is 87.4 cm³/mol. The van der Waals surface area contributed by atoms with Gasteiger partial charge in [0, 0.05) is 23.6 Å². The van der Waals surface area contributed by atoms with Gasteiger partial charge in [0.05, 0.1) is 11.3 Å². The molecule has 0 fully saturated rings. The number of pyridine rings is 1. The lowest BCUT2D eigenvalue weighted by Crippen LogP contribution is -2.28. The van der Waals surface area contributed by atoms with E-state index in [9.17, 15) is 9.90 Å². The Balaban J connectivity index is 2.18. The Kier molecular flexibility index (Phi) is 4.21. The molecule has 1 atom stereocenters. The van der Waals surface area contributed by atoms with Crippen LogP contribution < -0.4 is 5.32 Å². The number of carbonyl (C=O) groups is 1. The minimum Gasteiger partial charge on any atom is -0.505 e. The lowest BCUT2D eigenvalue weighted by molar-refractivity contribution is -0.121. The van der Waals surface area contributed by atoms with E-state index in [4.69, 9.17) is 16.0 Å². The van der Waals surface area contributed by atoms with Gasteiger partial charge < -0.3 is 14.8 Å². The molecule has 2 heterocycles. The summed E-state index contributed by atoms with van der Waals surface area (Å²) in [7, 11) is 0. The molecule has 0 aliphatic carbocycles. The van der Waals surface area contributed by atoms with Gasteiger partial charge in [-0.2, -0.15) is 0 Å². The van der Waals surface area contributed by atoms with Gasteiger partial charge in [-0.05, 0) is 30.3 Å². The Morgan fingerprint density at radius 3 is 2.96 bits per heavy atom. The van der Waals surface area contributed by atoms with E-state index in [1.54, 1.807) is 43.5 Å². The van der Waals surface area contributed by atoms with E-state index in [1.807, 2.05) is 0 Å². The number of halogens is 1. The van der Waals surface area contributed by atoms with Gasteiger partial charge in [-0.15, -0.1) is 0 Å². The molecule has 118 valence electrons. The summed E-state index contributed by atoms with van der Waals surface area (Å²) >= 11 is 6.32. The van der Waals surface area contributed by atoms with Crippen molar-refractivity contribution in [3.63, 3.8) is 0 Å². The summed E-state index contributed by atoms with van der Waals surface area (Å²) < 4.78 is 5.41. The summed E-state index contributed by atoms with van der Waals surface area (Å²) in [6, 6.07) is 7.97. The third kappa shape index (κ3) is 2.87. The summed E-state index contributed by atoms with van der Waals surface area (Å²) in [6.45, 7) is 1.75. The molecule has 0 saturated heterocycles. The minimum absolute atomic E-state index is 0.0252. The number of hydrogen-bond donors (Lipinski definition) is 2. The van der Waals surface area contributed by atoms with Crippen LogP contribution in [-0.2, 0) is 4.79 Å². The van der Waals surface area contributed by atoms with Crippen LogP contribution in [0.2, 0.25) is 5.02 Å². The number of aromatic hydroxyl groups is 1. The Morgan fingerprint density at radius 1 is 1.43 bits per heavy atom. The number of nitrogens with zero attached hydrogens (tertiary/aromatic N) is 1. The van der Waals surface area contributed by atoms with Gasteiger partial charge in [0.2, 0.25) is 5.91 Å².